The number of carbonyl (C=O) groups is 1. The van der Waals surface area contributed by atoms with Gasteiger partial charge in [-0.2, -0.15) is 0 Å². The lowest BCUT2D eigenvalue weighted by atomic mass is 9.94. The molecule has 2 nitrogen and oxygen atoms in total. The average molecular weight is 246 g/mol. The third-order valence-corrected chi connectivity index (χ3v) is 3.10. The van der Waals surface area contributed by atoms with Gasteiger partial charge in [-0.25, -0.2) is 0 Å². The van der Waals surface area contributed by atoms with E-state index >= 15 is 0 Å². The van der Waals surface area contributed by atoms with E-state index in [1.807, 2.05) is 0 Å². The molecule has 0 aliphatic carbocycles. The van der Waals surface area contributed by atoms with Crippen LogP contribution < -0.4 is 0 Å². The standard InChI is InChI=1S/C16H22O2/c1-12(2)13(3)15-9-6-8-14(11-15)7-4-5-10-16(17)18/h6,8-9,11-12H,3-5,7,10H2,1-2H3,(H,17,18). The predicted molar refractivity (Wildman–Crippen MR) is 75.5 cm³/mol. The molecule has 1 N–H and O–H groups in total. The molecule has 0 radical (unpaired) electrons. The Bertz CT molecular complexity index is 419. The smallest absolute Gasteiger partial charge is 0.303 e. The Kier molecular flexibility index (Phi) is 5.63. The van der Waals surface area contributed by atoms with Crippen LogP contribution in [0.3, 0.4) is 0 Å². The highest BCUT2D eigenvalue weighted by Crippen LogP contribution is 2.22. The summed E-state index contributed by atoms with van der Waals surface area (Å²) in [7, 11) is 0. The molecule has 0 spiro atoms. The number of hydrogen-bond donors (Lipinski definition) is 1. The fourth-order valence-electron chi connectivity index (χ4n) is 1.87. The molecule has 0 saturated heterocycles. The highest BCUT2D eigenvalue weighted by atomic mass is 16.4. The number of unbranched alkanes of at least 4 members (excludes halogenated alkanes) is 1. The largest absolute Gasteiger partial charge is 0.481 e. The first-order valence-electron chi connectivity index (χ1n) is 6.50. The molecule has 0 fully saturated rings. The molecule has 0 unspecified atom stereocenters. The van der Waals surface area contributed by atoms with E-state index in [1.54, 1.807) is 0 Å². The molecule has 18 heavy (non-hydrogen) atoms. The third kappa shape index (κ3) is 4.74. The summed E-state index contributed by atoms with van der Waals surface area (Å²) in [5.74, 6) is -0.260. The van der Waals surface area contributed by atoms with Crippen LogP contribution in [0.2, 0.25) is 0 Å². The Labute approximate surface area is 109 Å². The molecular formula is C16H22O2. The normalized spacial score (nSPS) is 10.6. The van der Waals surface area contributed by atoms with E-state index in [9.17, 15) is 4.79 Å². The average Bonchev–Trinajstić information content (AvgIpc) is 2.33. The van der Waals surface area contributed by atoms with Crippen LogP contribution >= 0.6 is 0 Å². The molecular weight excluding hydrogens is 224 g/mol. The predicted octanol–water partition coefficient (Wildman–Crippen LogP) is 4.15. The summed E-state index contributed by atoms with van der Waals surface area (Å²) >= 11 is 0. The number of rotatable bonds is 7. The molecule has 0 atom stereocenters. The number of carboxylic acid groups (broad SMARTS) is 1. The molecule has 1 rings (SSSR count). The number of carboxylic acids is 1. The second kappa shape index (κ2) is 7.00. The summed E-state index contributed by atoms with van der Waals surface area (Å²) in [5.41, 5.74) is 3.61. The highest BCUT2D eigenvalue weighted by Gasteiger charge is 2.04. The second-order valence-electron chi connectivity index (χ2n) is 4.98. The van der Waals surface area contributed by atoms with E-state index in [0.717, 1.165) is 24.8 Å². The van der Waals surface area contributed by atoms with Crippen molar-refractivity contribution in [2.75, 3.05) is 0 Å². The van der Waals surface area contributed by atoms with Gasteiger partial charge in [0.05, 0.1) is 0 Å². The number of allylic oxidation sites excluding steroid dienone is 1. The van der Waals surface area contributed by atoms with Gasteiger partial charge < -0.3 is 5.11 Å². The molecule has 0 heterocycles. The molecule has 1 aromatic rings. The maximum absolute atomic E-state index is 10.4. The summed E-state index contributed by atoms with van der Waals surface area (Å²) in [6.45, 7) is 8.39. The number of aryl methyl sites for hydroxylation is 1. The van der Waals surface area contributed by atoms with Crippen LogP contribution in [-0.4, -0.2) is 11.1 Å². The lowest BCUT2D eigenvalue weighted by Crippen LogP contribution is -1.96. The van der Waals surface area contributed by atoms with Crippen LogP contribution in [0.15, 0.2) is 30.8 Å². The SMILES string of the molecule is C=C(c1cccc(CCCCC(=O)O)c1)C(C)C. The molecule has 1 aromatic carbocycles. The zero-order valence-corrected chi connectivity index (χ0v) is 11.3. The van der Waals surface area contributed by atoms with Crippen LogP contribution in [0.1, 0.15) is 44.2 Å². The first-order valence-corrected chi connectivity index (χ1v) is 6.50. The maximum atomic E-state index is 10.4. The molecule has 0 aliphatic rings. The first kappa shape index (κ1) is 14.5. The van der Waals surface area contributed by atoms with Gasteiger partial charge in [0, 0.05) is 6.42 Å². The van der Waals surface area contributed by atoms with Gasteiger partial charge in [0.15, 0.2) is 0 Å². The molecule has 0 aliphatic heterocycles. The monoisotopic (exact) mass is 246 g/mol. The summed E-state index contributed by atoms with van der Waals surface area (Å²) in [6, 6.07) is 8.40. The zero-order chi connectivity index (χ0) is 13.5. The number of hydrogen-bond acceptors (Lipinski definition) is 1. The molecule has 2 heteroatoms. The molecule has 0 bridgehead atoms. The van der Waals surface area contributed by atoms with E-state index in [-0.39, 0.29) is 6.42 Å². The van der Waals surface area contributed by atoms with Crippen LogP contribution in [-0.2, 0) is 11.2 Å². The molecule has 0 amide bonds. The second-order valence-corrected chi connectivity index (χ2v) is 4.98. The molecule has 98 valence electrons. The Hall–Kier alpha value is -1.57. The summed E-state index contributed by atoms with van der Waals surface area (Å²) in [4.78, 5) is 10.4. The molecule has 0 aromatic heterocycles. The number of benzene rings is 1. The van der Waals surface area contributed by atoms with Crippen molar-refractivity contribution in [1.82, 2.24) is 0 Å². The van der Waals surface area contributed by atoms with Gasteiger partial charge in [0.1, 0.15) is 0 Å². The summed E-state index contributed by atoms with van der Waals surface area (Å²) in [5, 5.41) is 8.58. The Balaban J connectivity index is 2.54. The van der Waals surface area contributed by atoms with Gasteiger partial charge in [0.25, 0.3) is 0 Å². The van der Waals surface area contributed by atoms with Gasteiger partial charge in [-0.15, -0.1) is 0 Å². The van der Waals surface area contributed by atoms with Crippen LogP contribution in [0.5, 0.6) is 0 Å². The van der Waals surface area contributed by atoms with Crippen molar-refractivity contribution in [3.05, 3.63) is 42.0 Å². The van der Waals surface area contributed by atoms with Crippen molar-refractivity contribution in [3.8, 4) is 0 Å². The van der Waals surface area contributed by atoms with Crippen LogP contribution in [0.25, 0.3) is 5.57 Å². The van der Waals surface area contributed by atoms with Crippen molar-refractivity contribution >= 4 is 11.5 Å². The van der Waals surface area contributed by atoms with Crippen LogP contribution in [0, 0.1) is 5.92 Å². The third-order valence-electron chi connectivity index (χ3n) is 3.10. The van der Waals surface area contributed by atoms with Crippen LogP contribution in [0.4, 0.5) is 0 Å². The minimum Gasteiger partial charge on any atom is -0.481 e. The minimum absolute atomic E-state index is 0.262. The fourth-order valence-corrected chi connectivity index (χ4v) is 1.87. The zero-order valence-electron chi connectivity index (χ0n) is 11.3. The Morgan fingerprint density at radius 1 is 1.33 bits per heavy atom. The lowest BCUT2D eigenvalue weighted by molar-refractivity contribution is -0.137. The summed E-state index contributed by atoms with van der Waals surface area (Å²) < 4.78 is 0. The van der Waals surface area contributed by atoms with E-state index in [2.05, 4.69) is 44.7 Å². The van der Waals surface area contributed by atoms with Gasteiger partial charge >= 0.3 is 5.97 Å². The number of aliphatic carboxylic acids is 1. The quantitative estimate of drug-likeness (QED) is 0.734. The minimum atomic E-state index is -0.711. The van der Waals surface area contributed by atoms with E-state index in [0.29, 0.717) is 5.92 Å². The lowest BCUT2D eigenvalue weighted by Gasteiger charge is -2.11. The topological polar surface area (TPSA) is 37.3 Å². The molecule has 0 saturated carbocycles. The van der Waals surface area contributed by atoms with E-state index < -0.39 is 5.97 Å². The van der Waals surface area contributed by atoms with Crippen molar-refractivity contribution in [1.29, 1.82) is 0 Å². The van der Waals surface area contributed by atoms with E-state index in [4.69, 9.17) is 5.11 Å². The van der Waals surface area contributed by atoms with Crippen molar-refractivity contribution in [3.63, 3.8) is 0 Å². The van der Waals surface area contributed by atoms with Gasteiger partial charge in [0.2, 0.25) is 0 Å². The van der Waals surface area contributed by atoms with Gasteiger partial charge in [-0.05, 0) is 41.9 Å². The Morgan fingerprint density at radius 3 is 2.67 bits per heavy atom. The summed E-state index contributed by atoms with van der Waals surface area (Å²) in [6.07, 6.45) is 2.86. The maximum Gasteiger partial charge on any atom is 0.303 e. The first-order chi connectivity index (χ1) is 8.50. The van der Waals surface area contributed by atoms with Crippen molar-refractivity contribution < 1.29 is 9.90 Å². The van der Waals surface area contributed by atoms with Gasteiger partial charge in [-0.3, -0.25) is 4.79 Å². The fraction of sp³-hybridized carbons (Fsp3) is 0.438. The van der Waals surface area contributed by atoms with Crippen molar-refractivity contribution in [2.45, 2.75) is 39.5 Å². The van der Waals surface area contributed by atoms with Crippen molar-refractivity contribution in [2.24, 2.45) is 5.92 Å². The Morgan fingerprint density at radius 2 is 2.06 bits per heavy atom. The highest BCUT2D eigenvalue weighted by molar-refractivity contribution is 5.66. The van der Waals surface area contributed by atoms with E-state index in [1.165, 1.54) is 11.1 Å². The van der Waals surface area contributed by atoms with Gasteiger partial charge in [-0.1, -0.05) is 44.7 Å².